The summed E-state index contributed by atoms with van der Waals surface area (Å²) in [6.07, 6.45) is 7.22. The smallest absolute Gasteiger partial charge is 0.248 e. The van der Waals surface area contributed by atoms with Gasteiger partial charge in [-0.2, -0.15) is 0 Å². The highest BCUT2D eigenvalue weighted by molar-refractivity contribution is 5.77. The Hall–Kier alpha value is -1.50. The van der Waals surface area contributed by atoms with Crippen molar-refractivity contribution in [3.63, 3.8) is 0 Å². The Morgan fingerprint density at radius 1 is 1.24 bits per heavy atom. The van der Waals surface area contributed by atoms with E-state index in [1.54, 1.807) is 6.20 Å². The number of likely N-dealkylation sites (tertiary alicyclic amines) is 1. The van der Waals surface area contributed by atoms with Gasteiger partial charge in [0.15, 0.2) is 0 Å². The third-order valence-electron chi connectivity index (χ3n) is 4.79. The average Bonchev–Trinajstić information content (AvgIpc) is 2.68. The standard InChI is InChI=1S/C19H28N2O4/c22-19(15-23-14-18-6-2-4-12-24-18)21-10-7-17(8-11-21)25-13-16-5-1-3-9-20-16/h1,3,5,9,17-18H,2,4,6-8,10-15H2/t18-/m1/s1. The van der Waals surface area contributed by atoms with E-state index in [4.69, 9.17) is 14.2 Å². The molecule has 0 aromatic carbocycles. The summed E-state index contributed by atoms with van der Waals surface area (Å²) in [6.45, 7) is 3.48. The molecule has 1 aromatic heterocycles. The Balaban J connectivity index is 1.29. The van der Waals surface area contributed by atoms with E-state index >= 15 is 0 Å². The molecular weight excluding hydrogens is 320 g/mol. The molecule has 3 rings (SSSR count). The third kappa shape index (κ3) is 6.06. The van der Waals surface area contributed by atoms with Gasteiger partial charge in [-0.15, -0.1) is 0 Å². The highest BCUT2D eigenvalue weighted by atomic mass is 16.5. The van der Waals surface area contributed by atoms with Crippen molar-refractivity contribution in [2.45, 2.75) is 50.9 Å². The number of rotatable bonds is 7. The van der Waals surface area contributed by atoms with Crippen LogP contribution in [0, 0.1) is 0 Å². The molecule has 3 heterocycles. The van der Waals surface area contributed by atoms with Gasteiger partial charge in [-0.05, 0) is 44.2 Å². The van der Waals surface area contributed by atoms with Crippen LogP contribution < -0.4 is 0 Å². The molecular formula is C19H28N2O4. The van der Waals surface area contributed by atoms with Gasteiger partial charge >= 0.3 is 0 Å². The lowest BCUT2D eigenvalue weighted by molar-refractivity contribution is -0.141. The van der Waals surface area contributed by atoms with Gasteiger partial charge in [-0.25, -0.2) is 0 Å². The molecule has 0 aliphatic carbocycles. The molecule has 0 spiro atoms. The van der Waals surface area contributed by atoms with Gasteiger partial charge in [-0.1, -0.05) is 6.07 Å². The zero-order valence-electron chi connectivity index (χ0n) is 14.8. The molecule has 0 saturated carbocycles. The quantitative estimate of drug-likeness (QED) is 0.756. The summed E-state index contributed by atoms with van der Waals surface area (Å²) in [5.74, 6) is 0.0685. The van der Waals surface area contributed by atoms with Crippen LogP contribution in [0.3, 0.4) is 0 Å². The number of ether oxygens (including phenoxy) is 3. The molecule has 6 heteroatoms. The molecule has 0 radical (unpaired) electrons. The molecule has 6 nitrogen and oxygen atoms in total. The van der Waals surface area contributed by atoms with E-state index in [2.05, 4.69) is 4.98 Å². The van der Waals surface area contributed by atoms with Crippen molar-refractivity contribution in [3.8, 4) is 0 Å². The summed E-state index contributed by atoms with van der Waals surface area (Å²) in [7, 11) is 0. The number of aromatic nitrogens is 1. The zero-order chi connectivity index (χ0) is 17.3. The van der Waals surface area contributed by atoms with Crippen molar-refractivity contribution >= 4 is 5.91 Å². The van der Waals surface area contributed by atoms with Crippen molar-refractivity contribution in [1.29, 1.82) is 0 Å². The fourth-order valence-corrected chi connectivity index (χ4v) is 3.27. The van der Waals surface area contributed by atoms with Crippen molar-refractivity contribution < 1.29 is 19.0 Å². The lowest BCUT2D eigenvalue weighted by Gasteiger charge is -2.32. The number of amides is 1. The summed E-state index contributed by atoms with van der Waals surface area (Å²) in [6, 6.07) is 5.83. The highest BCUT2D eigenvalue weighted by Crippen LogP contribution is 2.16. The Morgan fingerprint density at radius 3 is 2.84 bits per heavy atom. The van der Waals surface area contributed by atoms with Gasteiger partial charge in [0.05, 0.1) is 31.1 Å². The highest BCUT2D eigenvalue weighted by Gasteiger charge is 2.23. The largest absolute Gasteiger partial charge is 0.376 e. The van der Waals surface area contributed by atoms with Gasteiger partial charge in [-0.3, -0.25) is 9.78 Å². The SMILES string of the molecule is O=C(COC[C@H]1CCCCO1)N1CCC(OCc2ccccn2)CC1. The van der Waals surface area contributed by atoms with Crippen LogP contribution in [0.4, 0.5) is 0 Å². The third-order valence-corrected chi connectivity index (χ3v) is 4.79. The minimum Gasteiger partial charge on any atom is -0.376 e. The van der Waals surface area contributed by atoms with Gasteiger partial charge in [0.25, 0.3) is 0 Å². The first-order valence-electron chi connectivity index (χ1n) is 9.30. The molecule has 0 bridgehead atoms. The van der Waals surface area contributed by atoms with E-state index < -0.39 is 0 Å². The van der Waals surface area contributed by atoms with Crippen molar-refractivity contribution in [1.82, 2.24) is 9.88 Å². The Morgan fingerprint density at radius 2 is 2.12 bits per heavy atom. The minimum atomic E-state index is 0.0685. The lowest BCUT2D eigenvalue weighted by atomic mass is 10.1. The second-order valence-electron chi connectivity index (χ2n) is 6.72. The summed E-state index contributed by atoms with van der Waals surface area (Å²) in [5.41, 5.74) is 0.944. The topological polar surface area (TPSA) is 60.9 Å². The van der Waals surface area contributed by atoms with Crippen LogP contribution in [0.15, 0.2) is 24.4 Å². The normalized spacial score (nSPS) is 22.1. The molecule has 1 amide bonds. The first-order chi connectivity index (χ1) is 12.3. The van der Waals surface area contributed by atoms with Gasteiger partial charge < -0.3 is 19.1 Å². The summed E-state index contributed by atoms with van der Waals surface area (Å²) in [4.78, 5) is 18.4. The fraction of sp³-hybridized carbons (Fsp3) is 0.684. The first kappa shape index (κ1) is 18.3. The number of pyridine rings is 1. The molecule has 2 saturated heterocycles. The van der Waals surface area contributed by atoms with E-state index in [9.17, 15) is 4.79 Å². The molecule has 25 heavy (non-hydrogen) atoms. The van der Waals surface area contributed by atoms with Crippen LogP contribution in [0.5, 0.6) is 0 Å². The minimum absolute atomic E-state index is 0.0685. The molecule has 0 N–H and O–H groups in total. The van der Waals surface area contributed by atoms with Crippen molar-refractivity contribution in [2.24, 2.45) is 0 Å². The second-order valence-corrected chi connectivity index (χ2v) is 6.72. The van der Waals surface area contributed by atoms with E-state index in [-0.39, 0.29) is 24.7 Å². The van der Waals surface area contributed by atoms with Crippen LogP contribution in [0.1, 0.15) is 37.8 Å². The monoisotopic (exact) mass is 348 g/mol. The van der Waals surface area contributed by atoms with Gasteiger partial charge in [0.1, 0.15) is 6.61 Å². The second kappa shape index (κ2) is 9.85. The maximum absolute atomic E-state index is 12.2. The van der Waals surface area contributed by atoms with Crippen LogP contribution in [0.2, 0.25) is 0 Å². The number of nitrogens with zero attached hydrogens (tertiary/aromatic N) is 2. The molecule has 1 atom stereocenters. The Kier molecular flexibility index (Phi) is 7.21. The van der Waals surface area contributed by atoms with E-state index in [1.165, 1.54) is 6.42 Å². The lowest BCUT2D eigenvalue weighted by Crippen LogP contribution is -2.42. The van der Waals surface area contributed by atoms with Gasteiger partial charge in [0, 0.05) is 25.9 Å². The number of carbonyl (C=O) groups excluding carboxylic acids is 1. The van der Waals surface area contributed by atoms with E-state index in [1.807, 2.05) is 23.1 Å². The summed E-state index contributed by atoms with van der Waals surface area (Å²) >= 11 is 0. The first-order valence-corrected chi connectivity index (χ1v) is 9.30. The Bertz CT molecular complexity index is 511. The van der Waals surface area contributed by atoms with E-state index in [0.717, 1.165) is 51.1 Å². The molecule has 2 aliphatic heterocycles. The predicted octanol–water partition coefficient (Wildman–Crippen LogP) is 2.17. The van der Waals surface area contributed by atoms with Gasteiger partial charge in [0.2, 0.25) is 5.91 Å². The Labute approximate surface area is 149 Å². The van der Waals surface area contributed by atoms with Crippen LogP contribution >= 0.6 is 0 Å². The summed E-state index contributed by atoms with van der Waals surface area (Å²) in [5, 5.41) is 0. The zero-order valence-corrected chi connectivity index (χ0v) is 14.8. The van der Waals surface area contributed by atoms with Crippen LogP contribution in [0.25, 0.3) is 0 Å². The summed E-state index contributed by atoms with van der Waals surface area (Å²) < 4.78 is 17.1. The maximum atomic E-state index is 12.2. The van der Waals surface area contributed by atoms with Crippen molar-refractivity contribution in [2.75, 3.05) is 32.9 Å². The number of hydrogen-bond acceptors (Lipinski definition) is 5. The molecule has 0 unspecified atom stereocenters. The number of hydrogen-bond donors (Lipinski definition) is 0. The molecule has 1 aromatic rings. The fourth-order valence-electron chi connectivity index (χ4n) is 3.27. The average molecular weight is 348 g/mol. The van der Waals surface area contributed by atoms with E-state index in [0.29, 0.717) is 13.2 Å². The predicted molar refractivity (Wildman–Crippen MR) is 93.0 cm³/mol. The van der Waals surface area contributed by atoms with Crippen LogP contribution in [-0.4, -0.2) is 60.9 Å². The molecule has 2 fully saturated rings. The molecule has 2 aliphatic rings. The van der Waals surface area contributed by atoms with Crippen LogP contribution in [-0.2, 0) is 25.6 Å². The van der Waals surface area contributed by atoms with Crippen molar-refractivity contribution in [3.05, 3.63) is 30.1 Å². The maximum Gasteiger partial charge on any atom is 0.248 e. The number of piperidine rings is 1. The number of carbonyl (C=O) groups is 1. The molecule has 138 valence electrons.